The lowest BCUT2D eigenvalue weighted by Gasteiger charge is -2.27. The molecule has 1 aromatic carbocycles. The summed E-state index contributed by atoms with van der Waals surface area (Å²) in [5.41, 5.74) is 0.290. The number of aromatic nitrogens is 1. The van der Waals surface area contributed by atoms with Gasteiger partial charge in [-0.3, -0.25) is 9.69 Å². The standard InChI is InChI=1S/C22H28F3N3O3/c1-3-15(2)28(12-16-6-8-17(9-7-16)22(23,24)25)13-20-27-19(14-31-20)21(29)26-11-18-5-4-10-30-18/h6-9,14-15,18H,3-5,10-13H2,1-2H3,(H,26,29). The first-order valence-electron chi connectivity index (χ1n) is 10.5. The summed E-state index contributed by atoms with van der Waals surface area (Å²) in [5, 5.41) is 2.81. The molecule has 31 heavy (non-hydrogen) atoms. The maximum Gasteiger partial charge on any atom is 0.416 e. The molecule has 1 aromatic heterocycles. The Morgan fingerprint density at radius 2 is 2.03 bits per heavy atom. The summed E-state index contributed by atoms with van der Waals surface area (Å²) in [7, 11) is 0. The predicted molar refractivity (Wildman–Crippen MR) is 108 cm³/mol. The molecular weight excluding hydrogens is 411 g/mol. The van der Waals surface area contributed by atoms with E-state index in [1.165, 1.54) is 18.4 Å². The Labute approximate surface area is 179 Å². The van der Waals surface area contributed by atoms with Crippen LogP contribution in [0.1, 0.15) is 60.6 Å². The molecule has 0 aliphatic carbocycles. The molecule has 0 saturated carbocycles. The number of carbonyl (C=O) groups excluding carboxylic acids is 1. The first-order chi connectivity index (χ1) is 14.8. The van der Waals surface area contributed by atoms with Crippen LogP contribution in [0.4, 0.5) is 13.2 Å². The Kier molecular flexibility index (Phi) is 7.72. The summed E-state index contributed by atoms with van der Waals surface area (Å²) in [5.74, 6) is 0.0674. The van der Waals surface area contributed by atoms with Crippen molar-refractivity contribution in [3.63, 3.8) is 0 Å². The number of oxazole rings is 1. The summed E-state index contributed by atoms with van der Waals surface area (Å²) in [6, 6.07) is 5.29. The van der Waals surface area contributed by atoms with Crippen molar-refractivity contribution in [2.45, 2.75) is 64.5 Å². The number of nitrogens with one attached hydrogen (secondary N) is 1. The first kappa shape index (κ1) is 23.3. The largest absolute Gasteiger partial charge is 0.447 e. The third-order valence-corrected chi connectivity index (χ3v) is 5.52. The van der Waals surface area contributed by atoms with Crippen LogP contribution in [-0.2, 0) is 24.0 Å². The second-order valence-electron chi connectivity index (χ2n) is 7.83. The van der Waals surface area contributed by atoms with Gasteiger partial charge in [-0.05, 0) is 43.9 Å². The number of benzene rings is 1. The van der Waals surface area contributed by atoms with E-state index < -0.39 is 11.7 Å². The van der Waals surface area contributed by atoms with Gasteiger partial charge >= 0.3 is 6.18 Å². The molecule has 0 spiro atoms. The Morgan fingerprint density at radius 1 is 1.29 bits per heavy atom. The van der Waals surface area contributed by atoms with Gasteiger partial charge in [0, 0.05) is 25.7 Å². The van der Waals surface area contributed by atoms with Gasteiger partial charge in [0.15, 0.2) is 5.69 Å². The number of rotatable bonds is 9. The third kappa shape index (κ3) is 6.54. The monoisotopic (exact) mass is 439 g/mol. The Balaban J connectivity index is 1.61. The van der Waals surface area contributed by atoms with Crippen LogP contribution < -0.4 is 5.32 Å². The summed E-state index contributed by atoms with van der Waals surface area (Å²) in [4.78, 5) is 18.6. The van der Waals surface area contributed by atoms with E-state index in [1.807, 2.05) is 13.8 Å². The molecule has 6 nitrogen and oxygen atoms in total. The number of nitrogens with zero attached hydrogens (tertiary/aromatic N) is 2. The molecule has 2 atom stereocenters. The van der Waals surface area contributed by atoms with Crippen molar-refractivity contribution in [1.82, 2.24) is 15.2 Å². The molecule has 1 N–H and O–H groups in total. The molecule has 1 saturated heterocycles. The van der Waals surface area contributed by atoms with Crippen LogP contribution in [-0.4, -0.2) is 41.1 Å². The molecule has 0 radical (unpaired) electrons. The van der Waals surface area contributed by atoms with E-state index in [1.54, 1.807) is 0 Å². The predicted octanol–water partition coefficient (Wildman–Crippen LogP) is 4.40. The highest BCUT2D eigenvalue weighted by Crippen LogP contribution is 2.29. The lowest BCUT2D eigenvalue weighted by Crippen LogP contribution is -2.32. The molecule has 1 amide bonds. The topological polar surface area (TPSA) is 67.6 Å². The van der Waals surface area contributed by atoms with Crippen LogP contribution in [0, 0.1) is 0 Å². The van der Waals surface area contributed by atoms with Crippen molar-refractivity contribution in [1.29, 1.82) is 0 Å². The van der Waals surface area contributed by atoms with Crippen LogP contribution in [0.2, 0.25) is 0 Å². The van der Waals surface area contributed by atoms with Crippen molar-refractivity contribution in [2.24, 2.45) is 0 Å². The van der Waals surface area contributed by atoms with Gasteiger partial charge in [0.05, 0.1) is 18.2 Å². The van der Waals surface area contributed by atoms with Crippen molar-refractivity contribution >= 4 is 5.91 Å². The minimum Gasteiger partial charge on any atom is -0.447 e. The number of carbonyl (C=O) groups is 1. The highest BCUT2D eigenvalue weighted by molar-refractivity contribution is 5.91. The van der Waals surface area contributed by atoms with Crippen molar-refractivity contribution in [3.05, 3.63) is 53.2 Å². The molecule has 1 aliphatic rings. The van der Waals surface area contributed by atoms with Crippen LogP contribution in [0.3, 0.4) is 0 Å². The second kappa shape index (κ2) is 10.3. The summed E-state index contributed by atoms with van der Waals surface area (Å²) in [6.45, 7) is 6.00. The van der Waals surface area contributed by atoms with E-state index in [-0.39, 0.29) is 23.7 Å². The third-order valence-electron chi connectivity index (χ3n) is 5.52. The first-order valence-corrected chi connectivity index (χ1v) is 10.5. The maximum absolute atomic E-state index is 12.8. The molecule has 2 aromatic rings. The lowest BCUT2D eigenvalue weighted by molar-refractivity contribution is -0.137. The molecule has 0 bridgehead atoms. The van der Waals surface area contributed by atoms with Crippen LogP contribution in [0.15, 0.2) is 34.9 Å². The molecule has 2 unspecified atom stereocenters. The number of amides is 1. The quantitative estimate of drug-likeness (QED) is 0.627. The summed E-state index contributed by atoms with van der Waals surface area (Å²) >= 11 is 0. The second-order valence-corrected chi connectivity index (χ2v) is 7.83. The molecule has 170 valence electrons. The van der Waals surface area contributed by atoms with E-state index in [4.69, 9.17) is 9.15 Å². The average Bonchev–Trinajstić information content (AvgIpc) is 3.43. The zero-order valence-electron chi connectivity index (χ0n) is 17.7. The highest BCUT2D eigenvalue weighted by Gasteiger charge is 2.30. The normalized spacial score (nSPS) is 17.8. The molecule has 9 heteroatoms. The zero-order valence-corrected chi connectivity index (χ0v) is 17.7. The van der Waals surface area contributed by atoms with Crippen molar-refractivity contribution < 1.29 is 27.1 Å². The number of alkyl halides is 3. The van der Waals surface area contributed by atoms with Gasteiger partial charge in [0.2, 0.25) is 5.89 Å². The van der Waals surface area contributed by atoms with Gasteiger partial charge in [0.1, 0.15) is 6.26 Å². The Bertz CT molecular complexity index is 846. The van der Waals surface area contributed by atoms with Gasteiger partial charge in [-0.1, -0.05) is 19.1 Å². The molecule has 1 aliphatic heterocycles. The van der Waals surface area contributed by atoms with E-state index in [0.717, 1.165) is 43.6 Å². The van der Waals surface area contributed by atoms with E-state index in [0.29, 0.717) is 25.5 Å². The minimum atomic E-state index is -4.35. The average molecular weight is 439 g/mol. The van der Waals surface area contributed by atoms with Gasteiger partial charge in [0.25, 0.3) is 5.91 Å². The number of hydrogen-bond acceptors (Lipinski definition) is 5. The van der Waals surface area contributed by atoms with Crippen LogP contribution >= 0.6 is 0 Å². The van der Waals surface area contributed by atoms with Crippen LogP contribution in [0.25, 0.3) is 0 Å². The van der Waals surface area contributed by atoms with Gasteiger partial charge in [-0.15, -0.1) is 0 Å². The molecule has 1 fully saturated rings. The zero-order chi connectivity index (χ0) is 22.4. The minimum absolute atomic E-state index is 0.0416. The fourth-order valence-corrected chi connectivity index (χ4v) is 3.42. The fraction of sp³-hybridized carbons (Fsp3) is 0.545. The number of ether oxygens (including phenoxy) is 1. The van der Waals surface area contributed by atoms with Crippen molar-refractivity contribution in [3.8, 4) is 0 Å². The number of hydrogen-bond donors (Lipinski definition) is 1. The molecule has 3 rings (SSSR count). The smallest absolute Gasteiger partial charge is 0.416 e. The van der Waals surface area contributed by atoms with Gasteiger partial charge in [-0.2, -0.15) is 13.2 Å². The van der Waals surface area contributed by atoms with Gasteiger partial charge in [-0.25, -0.2) is 4.98 Å². The maximum atomic E-state index is 12.8. The van der Waals surface area contributed by atoms with E-state index in [9.17, 15) is 18.0 Å². The van der Waals surface area contributed by atoms with Crippen molar-refractivity contribution in [2.75, 3.05) is 13.2 Å². The fourth-order valence-electron chi connectivity index (χ4n) is 3.42. The van der Waals surface area contributed by atoms with E-state index in [2.05, 4.69) is 15.2 Å². The SMILES string of the molecule is CCC(C)N(Cc1ccc(C(F)(F)F)cc1)Cc1nc(C(=O)NCC2CCCO2)co1. The van der Waals surface area contributed by atoms with Crippen LogP contribution in [0.5, 0.6) is 0 Å². The molecule has 2 heterocycles. The summed E-state index contributed by atoms with van der Waals surface area (Å²) in [6.07, 6.45) is -0.214. The lowest BCUT2D eigenvalue weighted by atomic mass is 10.1. The van der Waals surface area contributed by atoms with Gasteiger partial charge < -0.3 is 14.5 Å². The molecular formula is C22H28F3N3O3. The summed E-state index contributed by atoms with van der Waals surface area (Å²) < 4.78 is 49.4. The van der Waals surface area contributed by atoms with E-state index >= 15 is 0 Å². The Morgan fingerprint density at radius 3 is 2.65 bits per heavy atom. The highest BCUT2D eigenvalue weighted by atomic mass is 19.4. The number of halogens is 3. The Hall–Kier alpha value is -2.39.